The van der Waals surface area contributed by atoms with E-state index in [1.807, 2.05) is 6.07 Å². The summed E-state index contributed by atoms with van der Waals surface area (Å²) in [5, 5.41) is 10.1. The van der Waals surface area contributed by atoms with Crippen LogP contribution in [-0.4, -0.2) is 25.3 Å². The number of esters is 1. The molecule has 0 aromatic heterocycles. The summed E-state index contributed by atoms with van der Waals surface area (Å²) < 4.78 is 24.6. The number of hydrogen-bond acceptors (Lipinski definition) is 4. The van der Waals surface area contributed by atoms with Crippen LogP contribution in [0.4, 0.5) is 4.39 Å². The number of aryl methyl sites for hydroxylation is 2. The number of methoxy groups -OCH3 is 2. The molecule has 28 heavy (non-hydrogen) atoms. The lowest BCUT2D eigenvalue weighted by atomic mass is 9.82. The molecule has 3 aromatic carbocycles. The van der Waals surface area contributed by atoms with Crippen molar-refractivity contribution in [2.75, 3.05) is 14.2 Å². The maximum Gasteiger partial charge on any atom is 0.338 e. The number of fused-ring (bicyclic) bond motifs is 3. The Labute approximate surface area is 162 Å². The largest absolute Gasteiger partial charge is 0.504 e. The fourth-order valence-electron chi connectivity index (χ4n) is 3.79. The highest BCUT2D eigenvalue weighted by Gasteiger charge is 2.24. The molecule has 5 heteroatoms. The van der Waals surface area contributed by atoms with Gasteiger partial charge in [0.2, 0.25) is 0 Å². The van der Waals surface area contributed by atoms with Gasteiger partial charge in [0.25, 0.3) is 0 Å². The van der Waals surface area contributed by atoms with Gasteiger partial charge in [-0.2, -0.15) is 0 Å². The third-order valence-electron chi connectivity index (χ3n) is 5.17. The van der Waals surface area contributed by atoms with Crippen molar-refractivity contribution in [3.63, 3.8) is 0 Å². The first-order chi connectivity index (χ1) is 13.5. The van der Waals surface area contributed by atoms with Gasteiger partial charge in [-0.05, 0) is 71.0 Å². The molecule has 0 unspecified atom stereocenters. The summed E-state index contributed by atoms with van der Waals surface area (Å²) in [6.07, 6.45) is 1.45. The van der Waals surface area contributed by atoms with Crippen LogP contribution in [0.1, 0.15) is 21.5 Å². The molecule has 1 aliphatic carbocycles. The van der Waals surface area contributed by atoms with Crippen molar-refractivity contribution in [1.82, 2.24) is 0 Å². The van der Waals surface area contributed by atoms with E-state index in [1.54, 1.807) is 36.4 Å². The van der Waals surface area contributed by atoms with Gasteiger partial charge in [-0.25, -0.2) is 9.18 Å². The van der Waals surface area contributed by atoms with Crippen molar-refractivity contribution in [2.24, 2.45) is 0 Å². The van der Waals surface area contributed by atoms with E-state index in [9.17, 15) is 14.3 Å². The maximum absolute atomic E-state index is 14.4. The van der Waals surface area contributed by atoms with Gasteiger partial charge in [0.05, 0.1) is 19.8 Å². The summed E-state index contributed by atoms with van der Waals surface area (Å²) in [5.74, 6) is -0.473. The minimum absolute atomic E-state index is 0.0841. The third kappa shape index (κ3) is 2.89. The zero-order chi connectivity index (χ0) is 19.8. The number of benzene rings is 3. The van der Waals surface area contributed by atoms with Crippen LogP contribution in [0, 0.1) is 5.82 Å². The molecule has 3 aromatic rings. The molecule has 0 fully saturated rings. The molecule has 4 nitrogen and oxygen atoms in total. The molecule has 0 aliphatic heterocycles. The van der Waals surface area contributed by atoms with Crippen molar-refractivity contribution in [1.29, 1.82) is 0 Å². The summed E-state index contributed by atoms with van der Waals surface area (Å²) >= 11 is 0. The normalized spacial score (nSPS) is 12.1. The van der Waals surface area contributed by atoms with Crippen LogP contribution in [0.3, 0.4) is 0 Å². The summed E-state index contributed by atoms with van der Waals surface area (Å²) in [4.78, 5) is 12.5. The number of carbonyl (C=O) groups excluding carboxylic acids is 1. The standard InChI is InChI=1S/C23H19FO4/c1-27-22-12-17-14(10-21(22)25)8-7-13-9-18(15-5-3-4-6-20(15)24)19(11-16(13)17)23(26)28-2/h3-6,9-12,25H,7-8H2,1-2H3. The minimum atomic E-state index is -0.529. The Morgan fingerprint density at radius 2 is 1.61 bits per heavy atom. The second-order valence-electron chi connectivity index (χ2n) is 6.71. The van der Waals surface area contributed by atoms with Gasteiger partial charge < -0.3 is 14.6 Å². The van der Waals surface area contributed by atoms with E-state index >= 15 is 0 Å². The summed E-state index contributed by atoms with van der Waals surface area (Å²) in [7, 11) is 2.80. The molecule has 0 bridgehead atoms. The van der Waals surface area contributed by atoms with Gasteiger partial charge in [0, 0.05) is 5.56 Å². The smallest absolute Gasteiger partial charge is 0.338 e. The van der Waals surface area contributed by atoms with Gasteiger partial charge in [-0.1, -0.05) is 18.2 Å². The summed E-state index contributed by atoms with van der Waals surface area (Å²) in [6, 6.07) is 13.5. The second kappa shape index (κ2) is 7.00. The number of phenolic OH excluding ortho intramolecular Hbond substituents is 1. The highest BCUT2D eigenvalue weighted by molar-refractivity contribution is 6.00. The fourth-order valence-corrected chi connectivity index (χ4v) is 3.79. The van der Waals surface area contributed by atoms with Gasteiger partial charge in [0.1, 0.15) is 5.82 Å². The number of aromatic hydroxyl groups is 1. The van der Waals surface area contributed by atoms with Gasteiger partial charge in [0.15, 0.2) is 11.5 Å². The molecular formula is C23H19FO4. The molecule has 1 N–H and O–H groups in total. The molecule has 0 spiro atoms. The monoisotopic (exact) mass is 378 g/mol. The topological polar surface area (TPSA) is 55.8 Å². The summed E-state index contributed by atoms with van der Waals surface area (Å²) in [6.45, 7) is 0. The van der Waals surface area contributed by atoms with Crippen LogP contribution >= 0.6 is 0 Å². The van der Waals surface area contributed by atoms with Crippen molar-refractivity contribution in [2.45, 2.75) is 12.8 Å². The number of phenols is 1. The first-order valence-corrected chi connectivity index (χ1v) is 8.94. The van der Waals surface area contributed by atoms with Crippen LogP contribution in [0.15, 0.2) is 48.5 Å². The number of carbonyl (C=O) groups is 1. The van der Waals surface area contributed by atoms with Crippen molar-refractivity contribution in [3.8, 4) is 33.8 Å². The lowest BCUT2D eigenvalue weighted by Gasteiger charge is -2.23. The Kier molecular flexibility index (Phi) is 4.51. The maximum atomic E-state index is 14.4. The highest BCUT2D eigenvalue weighted by Crippen LogP contribution is 2.42. The number of rotatable bonds is 3. The number of ether oxygens (including phenoxy) is 2. The van der Waals surface area contributed by atoms with Crippen LogP contribution in [-0.2, 0) is 17.6 Å². The van der Waals surface area contributed by atoms with E-state index in [1.165, 1.54) is 20.3 Å². The molecular weight excluding hydrogens is 359 g/mol. The zero-order valence-electron chi connectivity index (χ0n) is 15.6. The SMILES string of the molecule is COC(=O)c1cc2c(cc1-c1ccccc1F)CCc1cc(O)c(OC)cc1-2. The number of halogens is 1. The summed E-state index contributed by atoms with van der Waals surface area (Å²) in [5.41, 5.74) is 4.90. The van der Waals surface area contributed by atoms with E-state index < -0.39 is 11.8 Å². The average molecular weight is 378 g/mol. The lowest BCUT2D eigenvalue weighted by molar-refractivity contribution is 0.0601. The predicted molar refractivity (Wildman–Crippen MR) is 104 cm³/mol. The third-order valence-corrected chi connectivity index (χ3v) is 5.17. The quantitative estimate of drug-likeness (QED) is 0.668. The molecule has 0 amide bonds. The molecule has 4 rings (SSSR count). The minimum Gasteiger partial charge on any atom is -0.504 e. The zero-order valence-corrected chi connectivity index (χ0v) is 15.6. The van der Waals surface area contributed by atoms with Crippen LogP contribution in [0.2, 0.25) is 0 Å². The molecule has 0 saturated heterocycles. The molecule has 0 heterocycles. The second-order valence-corrected chi connectivity index (χ2v) is 6.71. The predicted octanol–water partition coefficient (Wildman–Crippen LogP) is 4.76. The molecule has 0 atom stereocenters. The van der Waals surface area contributed by atoms with Gasteiger partial charge in [-0.15, -0.1) is 0 Å². The van der Waals surface area contributed by atoms with Crippen LogP contribution in [0.5, 0.6) is 11.5 Å². The average Bonchev–Trinajstić information content (AvgIpc) is 2.72. The van der Waals surface area contributed by atoms with Crippen LogP contribution < -0.4 is 4.74 Å². The van der Waals surface area contributed by atoms with Gasteiger partial charge in [-0.3, -0.25) is 0 Å². The Morgan fingerprint density at radius 3 is 2.29 bits per heavy atom. The van der Waals surface area contributed by atoms with E-state index in [0.717, 1.165) is 35.1 Å². The fraction of sp³-hybridized carbons (Fsp3) is 0.174. The lowest BCUT2D eigenvalue weighted by Crippen LogP contribution is -2.10. The van der Waals surface area contributed by atoms with Crippen molar-refractivity contribution >= 4 is 5.97 Å². The Hall–Kier alpha value is -3.34. The van der Waals surface area contributed by atoms with Crippen molar-refractivity contribution in [3.05, 3.63) is 71.0 Å². The van der Waals surface area contributed by atoms with Gasteiger partial charge >= 0.3 is 5.97 Å². The highest BCUT2D eigenvalue weighted by atomic mass is 19.1. The van der Waals surface area contributed by atoms with E-state index in [4.69, 9.17) is 9.47 Å². The van der Waals surface area contributed by atoms with E-state index in [2.05, 4.69) is 0 Å². The van der Waals surface area contributed by atoms with Crippen molar-refractivity contribution < 1.29 is 23.8 Å². The Bertz CT molecular complexity index is 1090. The molecule has 1 aliphatic rings. The molecule has 0 saturated carbocycles. The first kappa shape index (κ1) is 18.0. The first-order valence-electron chi connectivity index (χ1n) is 8.94. The molecule has 0 radical (unpaired) electrons. The van der Waals surface area contributed by atoms with Crippen LogP contribution in [0.25, 0.3) is 22.3 Å². The number of hydrogen-bond donors (Lipinski definition) is 1. The Balaban J connectivity index is 1.98. The molecule has 142 valence electrons. The van der Waals surface area contributed by atoms with E-state index in [0.29, 0.717) is 22.4 Å². The Morgan fingerprint density at radius 1 is 0.929 bits per heavy atom. The van der Waals surface area contributed by atoms with E-state index in [-0.39, 0.29) is 5.75 Å².